The molecule has 2 amide bonds. The number of rotatable bonds is 5. The quantitative estimate of drug-likeness (QED) is 0.671. The zero-order valence-corrected chi connectivity index (χ0v) is 16.8. The zero-order valence-electron chi connectivity index (χ0n) is 16.0. The molecule has 0 spiro atoms. The van der Waals surface area contributed by atoms with E-state index in [1.54, 1.807) is 6.20 Å². The molecule has 0 radical (unpaired) electrons. The lowest BCUT2D eigenvalue weighted by molar-refractivity contribution is 0.138. The fraction of sp³-hybridized carbons (Fsp3) is 0.381. The highest BCUT2D eigenvalue weighted by Gasteiger charge is 2.42. The Hall–Kier alpha value is -2.71. The number of carbonyl (C=O) groups excluding carboxylic acids is 1. The van der Waals surface area contributed by atoms with Crippen LogP contribution in [-0.2, 0) is 6.54 Å². The Morgan fingerprint density at radius 3 is 2.66 bits per heavy atom. The summed E-state index contributed by atoms with van der Waals surface area (Å²) in [5.41, 5.74) is 7.59. The van der Waals surface area contributed by atoms with Gasteiger partial charge in [-0.2, -0.15) is 0 Å². The minimum Gasteiger partial charge on any atom is -0.431 e. The third-order valence-corrected chi connectivity index (χ3v) is 6.71. The highest BCUT2D eigenvalue weighted by atomic mass is 32.1. The van der Waals surface area contributed by atoms with Crippen LogP contribution in [0.15, 0.2) is 42.6 Å². The van der Waals surface area contributed by atoms with Gasteiger partial charge in [-0.15, -0.1) is 0 Å². The number of fused-ring (bicyclic) bond motifs is 3. The zero-order chi connectivity index (χ0) is 19.8. The summed E-state index contributed by atoms with van der Waals surface area (Å²) >= 11 is 1.44. The van der Waals surface area contributed by atoms with Gasteiger partial charge < -0.3 is 20.7 Å². The Balaban J connectivity index is 1.17. The molecule has 29 heavy (non-hydrogen) atoms. The number of aromatic nitrogens is 2. The van der Waals surface area contributed by atoms with Crippen LogP contribution in [0.25, 0.3) is 10.3 Å². The lowest BCUT2D eigenvalue weighted by Gasteiger charge is -2.38. The van der Waals surface area contributed by atoms with E-state index in [1.807, 2.05) is 29.2 Å². The van der Waals surface area contributed by atoms with Gasteiger partial charge in [0.15, 0.2) is 0 Å². The van der Waals surface area contributed by atoms with Crippen LogP contribution >= 0.6 is 11.3 Å². The molecule has 0 unspecified atom stereocenters. The summed E-state index contributed by atoms with van der Waals surface area (Å²) in [6.45, 7) is 0.798. The average Bonchev–Trinajstić information content (AvgIpc) is 3.25. The van der Waals surface area contributed by atoms with Crippen LogP contribution in [0.1, 0.15) is 31.2 Å². The fourth-order valence-electron chi connectivity index (χ4n) is 4.54. The van der Waals surface area contributed by atoms with Crippen LogP contribution in [-0.4, -0.2) is 39.0 Å². The van der Waals surface area contributed by atoms with E-state index in [1.165, 1.54) is 16.9 Å². The van der Waals surface area contributed by atoms with Crippen LogP contribution in [0.2, 0.25) is 0 Å². The monoisotopic (exact) mass is 409 g/mol. The first-order chi connectivity index (χ1) is 14.2. The number of primary amides is 1. The second-order valence-electron chi connectivity index (χ2n) is 7.73. The molecule has 2 saturated heterocycles. The topological polar surface area (TPSA) is 93.4 Å². The number of pyridine rings is 1. The summed E-state index contributed by atoms with van der Waals surface area (Å²) in [6, 6.07) is 12.6. The van der Waals surface area contributed by atoms with Gasteiger partial charge in [-0.3, -0.25) is 0 Å². The highest BCUT2D eigenvalue weighted by molar-refractivity contribution is 7.19. The summed E-state index contributed by atoms with van der Waals surface area (Å²) in [4.78, 5) is 23.1. The van der Waals surface area contributed by atoms with E-state index in [9.17, 15) is 4.79 Å². The predicted octanol–water partition coefficient (Wildman–Crippen LogP) is 3.65. The van der Waals surface area contributed by atoms with Gasteiger partial charge in [-0.25, -0.2) is 14.8 Å². The van der Waals surface area contributed by atoms with Crippen molar-refractivity contribution in [2.75, 3.05) is 0 Å². The Labute approximate surface area is 172 Å². The first-order valence-corrected chi connectivity index (χ1v) is 10.8. The van der Waals surface area contributed by atoms with E-state index in [0.717, 1.165) is 48.3 Å². The second-order valence-corrected chi connectivity index (χ2v) is 8.67. The number of ether oxygens (including phenoxy) is 1. The number of nitrogens with two attached hydrogens (primary N) is 1. The van der Waals surface area contributed by atoms with Gasteiger partial charge in [0.1, 0.15) is 16.1 Å². The normalized spacial score (nSPS) is 23.4. The Morgan fingerprint density at radius 2 is 1.97 bits per heavy atom. The summed E-state index contributed by atoms with van der Waals surface area (Å²) in [7, 11) is 0. The van der Waals surface area contributed by atoms with Crippen LogP contribution in [0.5, 0.6) is 10.9 Å². The van der Waals surface area contributed by atoms with Crippen molar-refractivity contribution >= 4 is 27.7 Å². The molecule has 2 aliphatic heterocycles. The molecular formula is C21H23N5O2S. The van der Waals surface area contributed by atoms with E-state index in [4.69, 9.17) is 10.5 Å². The molecule has 4 heterocycles. The van der Waals surface area contributed by atoms with Crippen molar-refractivity contribution in [3.8, 4) is 10.9 Å². The lowest BCUT2D eigenvalue weighted by atomic mass is 9.97. The molecule has 3 aromatic rings. The molecule has 0 aliphatic carbocycles. The van der Waals surface area contributed by atoms with Crippen molar-refractivity contribution in [2.45, 2.75) is 50.4 Å². The molecule has 3 atom stereocenters. The molecule has 2 bridgehead atoms. The molecule has 2 fully saturated rings. The number of benzene rings is 1. The molecule has 0 saturated carbocycles. The number of nitrogens with one attached hydrogen (secondary N) is 1. The molecule has 8 heteroatoms. The van der Waals surface area contributed by atoms with Crippen molar-refractivity contribution in [2.24, 2.45) is 5.73 Å². The van der Waals surface area contributed by atoms with E-state index >= 15 is 0 Å². The minimum atomic E-state index is -0.268. The van der Waals surface area contributed by atoms with Crippen molar-refractivity contribution in [3.63, 3.8) is 0 Å². The van der Waals surface area contributed by atoms with E-state index in [0.29, 0.717) is 23.3 Å². The standard InChI is InChI=1S/C21H23N5O2S/c22-20(27)26-15-5-6-16(26)11-14(10-15)24-12-13-3-7-17(8-4-13)28-21-25-18-2-1-9-23-19(18)29-21/h1-4,7-9,14-16,24H,5-6,10-12H2,(H2,22,27)/t14-,15-,16+. The molecule has 3 N–H and O–H groups in total. The van der Waals surface area contributed by atoms with Crippen LogP contribution in [0.3, 0.4) is 0 Å². The third-order valence-electron chi connectivity index (χ3n) is 5.86. The molecule has 2 aliphatic rings. The van der Waals surface area contributed by atoms with Gasteiger partial charge in [0.25, 0.3) is 5.19 Å². The van der Waals surface area contributed by atoms with Gasteiger partial charge in [0, 0.05) is 30.9 Å². The van der Waals surface area contributed by atoms with Crippen molar-refractivity contribution < 1.29 is 9.53 Å². The summed E-state index contributed by atoms with van der Waals surface area (Å²) in [6.07, 6.45) is 5.85. The van der Waals surface area contributed by atoms with E-state index in [2.05, 4.69) is 27.4 Å². The number of thiazole rings is 1. The number of piperidine rings is 1. The first kappa shape index (κ1) is 18.3. The Morgan fingerprint density at radius 1 is 1.21 bits per heavy atom. The molecule has 7 nitrogen and oxygen atoms in total. The van der Waals surface area contributed by atoms with Crippen molar-refractivity contribution in [1.82, 2.24) is 20.2 Å². The maximum atomic E-state index is 11.6. The predicted molar refractivity (Wildman–Crippen MR) is 112 cm³/mol. The molecular weight excluding hydrogens is 386 g/mol. The maximum absolute atomic E-state index is 11.6. The van der Waals surface area contributed by atoms with Crippen molar-refractivity contribution in [3.05, 3.63) is 48.2 Å². The molecule has 1 aromatic carbocycles. The second kappa shape index (κ2) is 7.61. The lowest BCUT2D eigenvalue weighted by Crippen LogP contribution is -2.53. The average molecular weight is 410 g/mol. The number of hydrogen-bond donors (Lipinski definition) is 2. The van der Waals surface area contributed by atoms with E-state index < -0.39 is 0 Å². The Bertz CT molecular complexity index is 974. The number of hydrogen-bond acceptors (Lipinski definition) is 6. The number of amides is 2. The molecule has 150 valence electrons. The maximum Gasteiger partial charge on any atom is 0.315 e. The summed E-state index contributed by atoms with van der Waals surface area (Å²) in [5.74, 6) is 0.764. The van der Waals surface area contributed by atoms with Crippen LogP contribution in [0, 0.1) is 0 Å². The fourth-order valence-corrected chi connectivity index (χ4v) is 5.31. The van der Waals surface area contributed by atoms with Crippen LogP contribution in [0.4, 0.5) is 4.79 Å². The van der Waals surface area contributed by atoms with Crippen molar-refractivity contribution in [1.29, 1.82) is 0 Å². The third kappa shape index (κ3) is 3.77. The Kier molecular flexibility index (Phi) is 4.81. The number of carbonyl (C=O) groups is 1. The van der Waals surface area contributed by atoms with Crippen LogP contribution < -0.4 is 15.8 Å². The summed E-state index contributed by atoms with van der Waals surface area (Å²) < 4.78 is 5.88. The highest BCUT2D eigenvalue weighted by Crippen LogP contribution is 2.35. The molecule has 5 rings (SSSR count). The first-order valence-electron chi connectivity index (χ1n) is 9.95. The largest absolute Gasteiger partial charge is 0.431 e. The summed E-state index contributed by atoms with van der Waals surface area (Å²) in [5, 5.41) is 4.25. The van der Waals surface area contributed by atoms with E-state index in [-0.39, 0.29) is 6.03 Å². The number of nitrogens with zero attached hydrogens (tertiary/aromatic N) is 3. The molecule has 2 aromatic heterocycles. The smallest absolute Gasteiger partial charge is 0.315 e. The van der Waals surface area contributed by atoms with Gasteiger partial charge in [0.05, 0.1) is 0 Å². The minimum absolute atomic E-state index is 0.268. The van der Waals surface area contributed by atoms with Gasteiger partial charge >= 0.3 is 6.03 Å². The van der Waals surface area contributed by atoms with Gasteiger partial charge in [-0.1, -0.05) is 23.5 Å². The number of urea groups is 1. The van der Waals surface area contributed by atoms with Gasteiger partial charge in [0.2, 0.25) is 0 Å². The SMILES string of the molecule is NC(=O)N1[C@@H]2CC[C@H]1C[C@H](NCc1ccc(Oc3nc4cccnc4s3)cc1)C2. The van der Waals surface area contributed by atoms with Gasteiger partial charge in [-0.05, 0) is 55.5 Å².